The summed E-state index contributed by atoms with van der Waals surface area (Å²) in [6.07, 6.45) is 0. The van der Waals surface area contributed by atoms with Crippen LogP contribution >= 0.6 is 11.6 Å². The third-order valence-electron chi connectivity index (χ3n) is 3.90. The van der Waals surface area contributed by atoms with Gasteiger partial charge in [0.05, 0.1) is 16.3 Å². The largest absolute Gasteiger partial charge is 0.478 e. The highest BCUT2D eigenvalue weighted by Crippen LogP contribution is 2.30. The number of carbonyl (C=O) groups is 1. The predicted molar refractivity (Wildman–Crippen MR) is 108 cm³/mol. The molecule has 3 aromatic rings. The second-order valence-electron chi connectivity index (χ2n) is 6.29. The number of carboxylic acid groups (broad SMARTS) is 1. The zero-order valence-electron chi connectivity index (χ0n) is 15.2. The number of hydrogen-bond acceptors (Lipinski definition) is 5. The van der Waals surface area contributed by atoms with Crippen molar-refractivity contribution in [3.05, 3.63) is 69.9 Å². The minimum absolute atomic E-state index is 0.200. The van der Waals surface area contributed by atoms with E-state index in [1.54, 1.807) is 24.3 Å². The molecule has 0 saturated carbocycles. The van der Waals surface area contributed by atoms with Crippen LogP contribution in [0, 0.1) is 20.8 Å². The van der Waals surface area contributed by atoms with Gasteiger partial charge in [0.25, 0.3) is 0 Å². The van der Waals surface area contributed by atoms with E-state index in [1.807, 2.05) is 32.9 Å². The van der Waals surface area contributed by atoms with Crippen LogP contribution in [0.15, 0.2) is 42.5 Å². The molecule has 27 heavy (non-hydrogen) atoms. The summed E-state index contributed by atoms with van der Waals surface area (Å²) in [6, 6.07) is 12.2. The lowest BCUT2D eigenvalue weighted by Gasteiger charge is -2.13. The highest BCUT2D eigenvalue weighted by Gasteiger charge is 2.10. The fraction of sp³-hybridized carbons (Fsp3) is 0.150. The smallest absolute Gasteiger partial charge is 0.335 e. The number of carboxylic acids is 1. The summed E-state index contributed by atoms with van der Waals surface area (Å²) < 4.78 is 0. The Morgan fingerprint density at radius 1 is 1.04 bits per heavy atom. The number of rotatable bonds is 5. The second-order valence-corrected chi connectivity index (χ2v) is 6.70. The molecule has 0 aliphatic rings. The molecule has 0 bridgehead atoms. The van der Waals surface area contributed by atoms with Crippen molar-refractivity contribution in [3.8, 4) is 0 Å². The third kappa shape index (κ3) is 4.54. The summed E-state index contributed by atoms with van der Waals surface area (Å²) in [4.78, 5) is 20.0. The van der Waals surface area contributed by atoms with Crippen LogP contribution in [0.4, 0.5) is 23.1 Å². The molecule has 1 heterocycles. The molecule has 0 aliphatic carbocycles. The molecule has 0 radical (unpaired) electrons. The lowest BCUT2D eigenvalue weighted by Crippen LogP contribution is -2.04. The predicted octanol–water partition coefficient (Wildman–Crippen LogP) is 5.24. The Kier molecular flexibility index (Phi) is 5.28. The van der Waals surface area contributed by atoms with Gasteiger partial charge in [-0.2, -0.15) is 4.98 Å². The molecular weight excluding hydrogens is 364 g/mol. The van der Waals surface area contributed by atoms with Crippen molar-refractivity contribution < 1.29 is 9.90 Å². The molecule has 0 unspecified atom stereocenters. The van der Waals surface area contributed by atoms with Crippen LogP contribution in [-0.4, -0.2) is 21.0 Å². The molecule has 6 nitrogen and oxygen atoms in total. The van der Waals surface area contributed by atoms with Crippen LogP contribution in [0.3, 0.4) is 0 Å². The van der Waals surface area contributed by atoms with E-state index in [0.717, 1.165) is 22.5 Å². The van der Waals surface area contributed by atoms with Crippen molar-refractivity contribution in [2.75, 3.05) is 10.6 Å². The van der Waals surface area contributed by atoms with E-state index >= 15 is 0 Å². The number of nitrogens with one attached hydrogen (secondary N) is 2. The summed E-state index contributed by atoms with van der Waals surface area (Å²) in [5.74, 6) is -0.0291. The molecular formula is C20H19ClN4O2. The maximum absolute atomic E-state index is 11.1. The minimum atomic E-state index is -0.982. The van der Waals surface area contributed by atoms with E-state index in [0.29, 0.717) is 22.5 Å². The zero-order valence-corrected chi connectivity index (χ0v) is 15.9. The summed E-state index contributed by atoms with van der Waals surface area (Å²) in [5.41, 5.74) is 4.41. The molecule has 0 saturated heterocycles. The van der Waals surface area contributed by atoms with Crippen LogP contribution in [0.5, 0.6) is 0 Å². The van der Waals surface area contributed by atoms with E-state index in [2.05, 4.69) is 20.6 Å². The second kappa shape index (κ2) is 7.63. The maximum Gasteiger partial charge on any atom is 0.335 e. The Balaban J connectivity index is 1.89. The van der Waals surface area contributed by atoms with E-state index in [-0.39, 0.29) is 5.56 Å². The molecule has 2 aromatic carbocycles. The van der Waals surface area contributed by atoms with Crippen molar-refractivity contribution in [1.29, 1.82) is 0 Å². The number of halogens is 1. The van der Waals surface area contributed by atoms with Crippen molar-refractivity contribution in [3.63, 3.8) is 0 Å². The van der Waals surface area contributed by atoms with Crippen LogP contribution in [0.25, 0.3) is 0 Å². The van der Waals surface area contributed by atoms with Crippen LogP contribution in [-0.2, 0) is 0 Å². The molecule has 138 valence electrons. The van der Waals surface area contributed by atoms with Crippen LogP contribution in [0.2, 0.25) is 5.02 Å². The van der Waals surface area contributed by atoms with Gasteiger partial charge in [-0.3, -0.25) is 0 Å². The molecule has 7 heteroatoms. The Hall–Kier alpha value is -3.12. The van der Waals surface area contributed by atoms with E-state index in [9.17, 15) is 4.79 Å². The molecule has 0 atom stereocenters. The number of aromatic nitrogens is 2. The van der Waals surface area contributed by atoms with Crippen molar-refractivity contribution in [2.24, 2.45) is 0 Å². The first-order chi connectivity index (χ1) is 12.8. The highest BCUT2D eigenvalue weighted by atomic mass is 35.5. The van der Waals surface area contributed by atoms with Gasteiger partial charge in [0, 0.05) is 17.4 Å². The van der Waals surface area contributed by atoms with Gasteiger partial charge in [0.1, 0.15) is 5.82 Å². The number of benzene rings is 2. The van der Waals surface area contributed by atoms with Gasteiger partial charge in [-0.25, -0.2) is 9.78 Å². The molecule has 3 N–H and O–H groups in total. The topological polar surface area (TPSA) is 87.1 Å². The van der Waals surface area contributed by atoms with Gasteiger partial charge >= 0.3 is 5.97 Å². The van der Waals surface area contributed by atoms with Gasteiger partial charge in [0.15, 0.2) is 0 Å². The maximum atomic E-state index is 11.1. The van der Waals surface area contributed by atoms with Gasteiger partial charge in [-0.05, 0) is 56.2 Å². The Labute approximate surface area is 162 Å². The average Bonchev–Trinajstić information content (AvgIpc) is 2.58. The quantitative estimate of drug-likeness (QED) is 0.559. The number of aryl methyl sites for hydroxylation is 3. The average molecular weight is 383 g/mol. The highest BCUT2D eigenvalue weighted by molar-refractivity contribution is 6.33. The minimum Gasteiger partial charge on any atom is -0.478 e. The van der Waals surface area contributed by atoms with Gasteiger partial charge in [-0.15, -0.1) is 0 Å². The SMILES string of the molecule is Cc1cc(C)c(Nc2nc(C)cc(Nc3cccc(C(=O)O)c3)n2)c(Cl)c1. The molecule has 0 spiro atoms. The number of nitrogens with zero attached hydrogens (tertiary/aromatic N) is 2. The van der Waals surface area contributed by atoms with Crippen molar-refractivity contribution in [1.82, 2.24) is 9.97 Å². The first kappa shape index (κ1) is 18.7. The molecule has 0 amide bonds. The molecule has 0 aliphatic heterocycles. The van der Waals surface area contributed by atoms with Crippen molar-refractivity contribution in [2.45, 2.75) is 20.8 Å². The van der Waals surface area contributed by atoms with Gasteiger partial charge in [0.2, 0.25) is 5.95 Å². The zero-order chi connectivity index (χ0) is 19.6. The Bertz CT molecular complexity index is 998. The number of hydrogen-bond donors (Lipinski definition) is 3. The number of aromatic carboxylic acids is 1. The normalized spacial score (nSPS) is 10.5. The monoisotopic (exact) mass is 382 g/mol. The molecule has 0 fully saturated rings. The standard InChI is InChI=1S/C20H19ClN4O2/c1-11-7-12(2)18(16(21)8-11)25-20-22-13(3)9-17(24-20)23-15-6-4-5-14(10-15)19(26)27/h4-10H,1-3H3,(H,26,27)(H2,22,23,24,25). The molecule has 1 aromatic heterocycles. The first-order valence-corrected chi connectivity index (χ1v) is 8.69. The fourth-order valence-electron chi connectivity index (χ4n) is 2.75. The van der Waals surface area contributed by atoms with E-state index in [1.165, 1.54) is 6.07 Å². The summed E-state index contributed by atoms with van der Waals surface area (Å²) in [5, 5.41) is 16.0. The van der Waals surface area contributed by atoms with Gasteiger partial charge < -0.3 is 15.7 Å². The third-order valence-corrected chi connectivity index (χ3v) is 4.20. The Morgan fingerprint density at radius 2 is 1.81 bits per heavy atom. The lowest BCUT2D eigenvalue weighted by molar-refractivity contribution is 0.0697. The van der Waals surface area contributed by atoms with Crippen LogP contribution < -0.4 is 10.6 Å². The van der Waals surface area contributed by atoms with Crippen LogP contribution in [0.1, 0.15) is 27.2 Å². The molecule has 3 rings (SSSR count). The van der Waals surface area contributed by atoms with Gasteiger partial charge in [-0.1, -0.05) is 23.7 Å². The van der Waals surface area contributed by atoms with E-state index < -0.39 is 5.97 Å². The number of anilines is 4. The summed E-state index contributed by atoms with van der Waals surface area (Å²) >= 11 is 6.35. The summed E-state index contributed by atoms with van der Waals surface area (Å²) in [7, 11) is 0. The fourth-order valence-corrected chi connectivity index (χ4v) is 3.12. The van der Waals surface area contributed by atoms with Crippen molar-refractivity contribution >= 4 is 40.7 Å². The summed E-state index contributed by atoms with van der Waals surface area (Å²) in [6.45, 7) is 5.81. The van der Waals surface area contributed by atoms with E-state index in [4.69, 9.17) is 16.7 Å². The Morgan fingerprint density at radius 3 is 2.52 bits per heavy atom. The first-order valence-electron chi connectivity index (χ1n) is 8.31. The lowest BCUT2D eigenvalue weighted by atomic mass is 10.1.